The van der Waals surface area contributed by atoms with Crippen LogP contribution >= 0.6 is 0 Å². The second kappa shape index (κ2) is 5.34. The maximum Gasteiger partial charge on any atom is 0.0658 e. The molecule has 0 aliphatic carbocycles. The van der Waals surface area contributed by atoms with Gasteiger partial charge in [-0.1, -0.05) is 0 Å². The molecular weight excluding hydrogens is 296 g/mol. The van der Waals surface area contributed by atoms with Crippen LogP contribution < -0.4 is 0 Å². The Bertz CT molecular complexity index is 1020. The van der Waals surface area contributed by atoms with E-state index in [1.165, 1.54) is 17.1 Å². The lowest BCUT2D eigenvalue weighted by Gasteiger charge is -1.88. The second-order valence-corrected chi connectivity index (χ2v) is 6.51. The molecule has 0 unspecified atom stereocenters. The van der Waals surface area contributed by atoms with Crippen molar-refractivity contribution in [3.8, 4) is 0 Å². The molecule has 3 aliphatic heterocycles. The minimum absolute atomic E-state index is 0.977. The first-order chi connectivity index (χ1) is 11.8. The Morgan fingerprint density at radius 1 is 0.625 bits per heavy atom. The second-order valence-electron chi connectivity index (χ2n) is 6.51. The van der Waals surface area contributed by atoms with Gasteiger partial charge >= 0.3 is 0 Å². The molecule has 0 fully saturated rings. The maximum absolute atomic E-state index is 4.78. The van der Waals surface area contributed by atoms with E-state index in [1.807, 2.05) is 0 Å². The first-order valence-electron chi connectivity index (χ1n) is 8.44. The first kappa shape index (κ1) is 13.5. The van der Waals surface area contributed by atoms with Crippen LogP contribution in [0.5, 0.6) is 0 Å². The standard InChI is InChI=1S/C20H18N4/c1-2-14-10-16-5-6-18(23-16)12-20-8-7-19(24-20)11-17-4-3-15(22-17)9-13(1)21-14/h1-4,9-12,21,24H,5-8H2. The van der Waals surface area contributed by atoms with E-state index in [2.05, 4.69) is 63.5 Å². The Morgan fingerprint density at radius 3 is 2.12 bits per heavy atom. The number of hydrogen-bond donors (Lipinski definition) is 2. The number of rotatable bonds is 0. The van der Waals surface area contributed by atoms with E-state index in [1.54, 1.807) is 0 Å². The van der Waals surface area contributed by atoms with E-state index < -0.39 is 0 Å². The topological polar surface area (TPSA) is 57.4 Å². The zero-order chi connectivity index (χ0) is 15.9. The molecule has 4 nitrogen and oxygen atoms in total. The van der Waals surface area contributed by atoms with Gasteiger partial charge in [0, 0.05) is 33.8 Å². The summed E-state index contributed by atoms with van der Waals surface area (Å²) in [5.74, 6) is 0. The van der Waals surface area contributed by atoms with E-state index in [4.69, 9.17) is 4.98 Å². The highest BCUT2D eigenvalue weighted by molar-refractivity contribution is 5.73. The van der Waals surface area contributed by atoms with E-state index in [9.17, 15) is 0 Å². The van der Waals surface area contributed by atoms with Crippen molar-refractivity contribution in [3.63, 3.8) is 0 Å². The van der Waals surface area contributed by atoms with Gasteiger partial charge in [0.05, 0.1) is 11.4 Å². The number of H-pyrrole nitrogens is 2. The predicted octanol–water partition coefficient (Wildman–Crippen LogP) is 3.78. The van der Waals surface area contributed by atoms with Crippen LogP contribution in [0.2, 0.25) is 0 Å². The van der Waals surface area contributed by atoms with Crippen molar-refractivity contribution in [1.29, 1.82) is 0 Å². The predicted molar refractivity (Wildman–Crippen MR) is 96.1 cm³/mol. The SMILES string of the molecule is C1=Cc2cc3ccc(cc4nc(cc5[nH]c(cc1n2)CC5)CC4)[nH]3. The fraction of sp³-hybridized carbons (Fsp3) is 0.200. The highest BCUT2D eigenvalue weighted by Gasteiger charge is 2.09. The van der Waals surface area contributed by atoms with Gasteiger partial charge in [-0.15, -0.1) is 0 Å². The summed E-state index contributed by atoms with van der Waals surface area (Å²) in [6.07, 6.45) is 8.23. The summed E-state index contributed by atoms with van der Waals surface area (Å²) in [5, 5.41) is 0. The Kier molecular flexibility index (Phi) is 3.01. The van der Waals surface area contributed by atoms with Crippen LogP contribution in [0.4, 0.5) is 0 Å². The number of nitrogens with zero attached hydrogens (tertiary/aromatic N) is 2. The molecule has 2 aromatic heterocycles. The molecule has 5 rings (SSSR count). The van der Waals surface area contributed by atoms with Gasteiger partial charge in [0.15, 0.2) is 0 Å². The van der Waals surface area contributed by atoms with Crippen molar-refractivity contribution in [3.05, 3.63) is 70.6 Å². The molecule has 5 heterocycles. The number of nitrogens with one attached hydrogen (secondary N) is 2. The van der Waals surface area contributed by atoms with Gasteiger partial charge in [-0.25, -0.2) is 4.98 Å². The van der Waals surface area contributed by atoms with Crippen LogP contribution in [0.15, 0.2) is 36.4 Å². The Labute approximate surface area is 140 Å². The van der Waals surface area contributed by atoms with E-state index >= 15 is 0 Å². The first-order valence-corrected chi connectivity index (χ1v) is 8.44. The Balaban J connectivity index is 1.80. The van der Waals surface area contributed by atoms with Gasteiger partial charge in [-0.05, 0) is 74.2 Å². The highest BCUT2D eigenvalue weighted by Crippen LogP contribution is 2.17. The van der Waals surface area contributed by atoms with Crippen molar-refractivity contribution in [1.82, 2.24) is 19.9 Å². The zero-order valence-electron chi connectivity index (χ0n) is 13.3. The summed E-state index contributed by atoms with van der Waals surface area (Å²) in [5.41, 5.74) is 8.94. The van der Waals surface area contributed by atoms with Crippen molar-refractivity contribution < 1.29 is 0 Å². The fourth-order valence-electron chi connectivity index (χ4n) is 3.45. The third kappa shape index (κ3) is 2.60. The summed E-state index contributed by atoms with van der Waals surface area (Å²) in [4.78, 5) is 16.4. The molecule has 0 atom stereocenters. The summed E-state index contributed by atoms with van der Waals surface area (Å²) in [7, 11) is 0. The summed E-state index contributed by atoms with van der Waals surface area (Å²) >= 11 is 0. The summed E-state index contributed by atoms with van der Waals surface area (Å²) < 4.78 is 0. The van der Waals surface area contributed by atoms with Gasteiger partial charge in [0.1, 0.15) is 0 Å². The van der Waals surface area contributed by atoms with Crippen LogP contribution in [0.1, 0.15) is 34.2 Å². The molecule has 118 valence electrons. The molecule has 0 saturated heterocycles. The monoisotopic (exact) mass is 314 g/mol. The number of fused-ring (bicyclic) bond motifs is 8. The molecule has 2 N–H and O–H groups in total. The molecule has 0 aromatic carbocycles. The molecule has 0 amide bonds. The Morgan fingerprint density at radius 2 is 1.29 bits per heavy atom. The highest BCUT2D eigenvalue weighted by atomic mass is 14.8. The smallest absolute Gasteiger partial charge is 0.0658 e. The number of hydrogen-bond acceptors (Lipinski definition) is 2. The van der Waals surface area contributed by atoms with Crippen LogP contribution in [0.3, 0.4) is 0 Å². The normalized spacial score (nSPS) is 14.7. The van der Waals surface area contributed by atoms with Gasteiger partial charge in [0.2, 0.25) is 0 Å². The fourth-order valence-corrected chi connectivity index (χ4v) is 3.45. The van der Waals surface area contributed by atoms with E-state index in [-0.39, 0.29) is 0 Å². The van der Waals surface area contributed by atoms with Crippen molar-refractivity contribution in [2.75, 3.05) is 0 Å². The lowest BCUT2D eigenvalue weighted by atomic mass is 10.2. The lowest BCUT2D eigenvalue weighted by molar-refractivity contribution is 0.998. The number of aromatic amines is 2. The van der Waals surface area contributed by atoms with Crippen LogP contribution in [-0.2, 0) is 25.7 Å². The third-order valence-electron chi connectivity index (χ3n) is 4.61. The van der Waals surface area contributed by atoms with Gasteiger partial charge in [0.25, 0.3) is 0 Å². The molecular formula is C20H18N4. The number of aromatic nitrogens is 4. The molecule has 8 bridgehead atoms. The summed E-state index contributed by atoms with van der Waals surface area (Å²) in [6.45, 7) is 0. The molecule has 3 aliphatic rings. The van der Waals surface area contributed by atoms with Crippen molar-refractivity contribution >= 4 is 23.2 Å². The molecule has 0 saturated carbocycles. The van der Waals surface area contributed by atoms with Crippen molar-refractivity contribution in [2.45, 2.75) is 25.7 Å². The van der Waals surface area contributed by atoms with Gasteiger partial charge in [-0.2, -0.15) is 0 Å². The van der Waals surface area contributed by atoms with Crippen LogP contribution in [0.25, 0.3) is 23.2 Å². The Hall–Kier alpha value is -2.88. The number of aryl methyl sites for hydroxylation is 4. The van der Waals surface area contributed by atoms with E-state index in [0.717, 1.165) is 53.8 Å². The molecule has 24 heavy (non-hydrogen) atoms. The molecule has 2 aromatic rings. The average molecular weight is 314 g/mol. The van der Waals surface area contributed by atoms with E-state index in [0.29, 0.717) is 0 Å². The zero-order valence-corrected chi connectivity index (χ0v) is 13.3. The molecule has 4 heteroatoms. The minimum atomic E-state index is 0.977. The van der Waals surface area contributed by atoms with Crippen LogP contribution in [0, 0.1) is 0 Å². The van der Waals surface area contributed by atoms with Crippen LogP contribution in [-0.4, -0.2) is 19.9 Å². The van der Waals surface area contributed by atoms with Gasteiger partial charge < -0.3 is 9.97 Å². The molecule has 0 spiro atoms. The molecule has 0 radical (unpaired) electrons. The van der Waals surface area contributed by atoms with Crippen molar-refractivity contribution in [2.24, 2.45) is 0 Å². The lowest BCUT2D eigenvalue weighted by Crippen LogP contribution is -1.82. The quantitative estimate of drug-likeness (QED) is 0.663. The third-order valence-corrected chi connectivity index (χ3v) is 4.61. The summed E-state index contributed by atoms with van der Waals surface area (Å²) in [6, 6.07) is 12.8. The average Bonchev–Trinajstić information content (AvgIpc) is 3.32. The largest absolute Gasteiger partial charge is 0.362 e. The van der Waals surface area contributed by atoms with Gasteiger partial charge in [-0.3, -0.25) is 4.98 Å². The minimum Gasteiger partial charge on any atom is -0.362 e. The maximum atomic E-state index is 4.78.